The number of nitrogens with one attached hydrogen (secondary N) is 1. The summed E-state index contributed by atoms with van der Waals surface area (Å²) < 4.78 is 25.2. The summed E-state index contributed by atoms with van der Waals surface area (Å²) in [7, 11) is 0. The third-order valence-electron chi connectivity index (χ3n) is 5.91. The summed E-state index contributed by atoms with van der Waals surface area (Å²) in [5.41, 5.74) is 1.73. The zero-order valence-electron chi connectivity index (χ0n) is 17.9. The molecule has 3 heterocycles. The fourth-order valence-electron chi connectivity index (χ4n) is 4.34. The van der Waals surface area contributed by atoms with Gasteiger partial charge < -0.3 is 19.9 Å². The molecular formula is C23H29FN4O4. The van der Waals surface area contributed by atoms with Crippen molar-refractivity contribution in [1.29, 1.82) is 0 Å². The van der Waals surface area contributed by atoms with Gasteiger partial charge in [0, 0.05) is 25.3 Å². The smallest absolute Gasteiger partial charge is 0.222 e. The summed E-state index contributed by atoms with van der Waals surface area (Å²) >= 11 is 0. The van der Waals surface area contributed by atoms with E-state index in [0.717, 1.165) is 24.1 Å². The molecule has 1 amide bonds. The number of β-amino-alcohol motifs (C(OH)–C–C–N with tert-alkyl or cyclic N) is 1. The molecule has 2 saturated heterocycles. The van der Waals surface area contributed by atoms with Crippen molar-refractivity contribution in [3.8, 4) is 0 Å². The van der Waals surface area contributed by atoms with E-state index in [1.54, 1.807) is 24.4 Å². The third-order valence-corrected chi connectivity index (χ3v) is 5.91. The molecule has 2 N–H and O–H groups in total. The molecule has 2 aliphatic rings. The van der Waals surface area contributed by atoms with Gasteiger partial charge in [0.15, 0.2) is 0 Å². The second-order valence-electron chi connectivity index (χ2n) is 8.37. The highest BCUT2D eigenvalue weighted by Crippen LogP contribution is 2.28. The minimum absolute atomic E-state index is 0.0512. The lowest BCUT2D eigenvalue weighted by Crippen LogP contribution is -2.55. The van der Waals surface area contributed by atoms with Crippen LogP contribution in [0, 0.1) is 5.82 Å². The number of amides is 1. The first-order chi connectivity index (χ1) is 15.6. The number of fused-ring (bicyclic) bond motifs is 1. The van der Waals surface area contributed by atoms with E-state index in [-0.39, 0.29) is 43.0 Å². The fourth-order valence-corrected chi connectivity index (χ4v) is 4.34. The van der Waals surface area contributed by atoms with Crippen LogP contribution in [0.25, 0.3) is 0 Å². The molecule has 0 unspecified atom stereocenters. The van der Waals surface area contributed by atoms with Crippen molar-refractivity contribution in [2.75, 3.05) is 19.8 Å². The molecule has 1 aromatic carbocycles. The highest BCUT2D eigenvalue weighted by molar-refractivity contribution is 5.76. The number of benzene rings is 1. The van der Waals surface area contributed by atoms with Crippen molar-refractivity contribution >= 4 is 5.91 Å². The van der Waals surface area contributed by atoms with Crippen LogP contribution in [0.5, 0.6) is 0 Å². The first-order valence-corrected chi connectivity index (χ1v) is 11.0. The standard InChI is InChI=1S/C23H29FN4O4/c24-17-3-1-16(2-4-17)11-28-12-19(29)13-31-14-22-21(28)6-5-20(32-22)9-23(30)26-10-18-7-8-25-15-27-18/h1-4,7-8,15,19-22,29H,5-6,9-14H2,(H,26,30)/t19-,20+,21-,22+/m1/s1. The molecule has 172 valence electrons. The van der Waals surface area contributed by atoms with Gasteiger partial charge in [0.05, 0.1) is 50.2 Å². The van der Waals surface area contributed by atoms with Gasteiger partial charge in [0.1, 0.15) is 12.1 Å². The summed E-state index contributed by atoms with van der Waals surface area (Å²) in [6, 6.07) is 8.24. The SMILES string of the molecule is O=C(C[C@@H]1CC[C@@H]2[C@H](COC[C@H](O)CN2Cc2ccc(F)cc2)O1)NCc1ccncn1. The number of carbonyl (C=O) groups is 1. The number of aromatic nitrogens is 2. The lowest BCUT2D eigenvalue weighted by atomic mass is 9.94. The average Bonchev–Trinajstić information content (AvgIpc) is 2.79. The quantitative estimate of drug-likeness (QED) is 0.696. The number of carbonyl (C=O) groups excluding carboxylic acids is 1. The molecule has 2 aromatic rings. The van der Waals surface area contributed by atoms with Crippen molar-refractivity contribution in [3.05, 3.63) is 59.9 Å². The Labute approximate surface area is 186 Å². The lowest BCUT2D eigenvalue weighted by Gasteiger charge is -2.44. The summed E-state index contributed by atoms with van der Waals surface area (Å²) in [4.78, 5) is 22.6. The van der Waals surface area contributed by atoms with Crippen LogP contribution in [-0.4, -0.2) is 70.0 Å². The molecule has 0 bridgehead atoms. The molecule has 4 atom stereocenters. The normalized spacial score (nSPS) is 26.6. The Morgan fingerprint density at radius 2 is 2.06 bits per heavy atom. The molecule has 8 nitrogen and oxygen atoms in total. The minimum atomic E-state index is -0.596. The van der Waals surface area contributed by atoms with Crippen LogP contribution >= 0.6 is 0 Å². The molecule has 32 heavy (non-hydrogen) atoms. The number of rotatable bonds is 6. The number of halogens is 1. The molecule has 0 aliphatic carbocycles. The van der Waals surface area contributed by atoms with E-state index in [1.165, 1.54) is 18.5 Å². The topological polar surface area (TPSA) is 96.8 Å². The average molecular weight is 445 g/mol. The number of hydrogen-bond acceptors (Lipinski definition) is 7. The maximum Gasteiger partial charge on any atom is 0.222 e. The van der Waals surface area contributed by atoms with Crippen molar-refractivity contribution in [3.63, 3.8) is 0 Å². The summed E-state index contributed by atoms with van der Waals surface area (Å²) in [5, 5.41) is 13.2. The second-order valence-corrected chi connectivity index (χ2v) is 8.37. The van der Waals surface area contributed by atoms with Crippen LogP contribution in [0.15, 0.2) is 42.9 Å². The van der Waals surface area contributed by atoms with E-state index in [9.17, 15) is 14.3 Å². The number of ether oxygens (including phenoxy) is 2. The maximum atomic E-state index is 13.3. The van der Waals surface area contributed by atoms with Crippen LogP contribution in [-0.2, 0) is 27.4 Å². The molecular weight excluding hydrogens is 415 g/mol. The number of aliphatic hydroxyl groups is 1. The number of nitrogens with zero attached hydrogens (tertiary/aromatic N) is 3. The van der Waals surface area contributed by atoms with E-state index in [1.807, 2.05) is 0 Å². The molecule has 2 aliphatic heterocycles. The van der Waals surface area contributed by atoms with Crippen molar-refractivity contribution in [1.82, 2.24) is 20.2 Å². The van der Waals surface area contributed by atoms with Crippen molar-refractivity contribution in [2.45, 2.75) is 56.7 Å². The Hall–Kier alpha value is -2.46. The Kier molecular flexibility index (Phi) is 7.75. The van der Waals surface area contributed by atoms with Gasteiger partial charge in [0.2, 0.25) is 5.91 Å². The molecule has 0 saturated carbocycles. The van der Waals surface area contributed by atoms with Crippen LogP contribution in [0.4, 0.5) is 4.39 Å². The Bertz CT molecular complexity index is 870. The highest BCUT2D eigenvalue weighted by atomic mass is 19.1. The molecule has 9 heteroatoms. The molecule has 4 rings (SSSR count). The summed E-state index contributed by atoms with van der Waals surface area (Å²) in [6.45, 7) is 1.99. The van der Waals surface area contributed by atoms with Crippen LogP contribution in [0.1, 0.15) is 30.5 Å². The van der Waals surface area contributed by atoms with Gasteiger partial charge >= 0.3 is 0 Å². The van der Waals surface area contributed by atoms with E-state index in [2.05, 4.69) is 20.2 Å². The van der Waals surface area contributed by atoms with E-state index < -0.39 is 6.10 Å². The van der Waals surface area contributed by atoms with Crippen molar-refractivity contribution < 1.29 is 23.8 Å². The highest BCUT2D eigenvalue weighted by Gasteiger charge is 2.38. The van der Waals surface area contributed by atoms with Crippen LogP contribution in [0.3, 0.4) is 0 Å². The molecule has 1 aromatic heterocycles. The van der Waals surface area contributed by atoms with Gasteiger partial charge in [-0.15, -0.1) is 0 Å². The summed E-state index contributed by atoms with van der Waals surface area (Å²) in [6.07, 6.45) is 3.94. The first-order valence-electron chi connectivity index (χ1n) is 11.0. The Balaban J connectivity index is 1.34. The van der Waals surface area contributed by atoms with Gasteiger partial charge in [0.25, 0.3) is 0 Å². The minimum Gasteiger partial charge on any atom is -0.389 e. The Morgan fingerprint density at radius 3 is 2.84 bits per heavy atom. The predicted molar refractivity (Wildman–Crippen MR) is 114 cm³/mol. The monoisotopic (exact) mass is 444 g/mol. The predicted octanol–water partition coefficient (Wildman–Crippen LogP) is 1.43. The van der Waals surface area contributed by atoms with Gasteiger partial charge in [-0.2, -0.15) is 0 Å². The Morgan fingerprint density at radius 1 is 1.22 bits per heavy atom. The van der Waals surface area contributed by atoms with Gasteiger partial charge in [-0.1, -0.05) is 12.1 Å². The van der Waals surface area contributed by atoms with E-state index >= 15 is 0 Å². The zero-order valence-corrected chi connectivity index (χ0v) is 17.9. The van der Waals surface area contributed by atoms with Crippen LogP contribution < -0.4 is 5.32 Å². The zero-order chi connectivity index (χ0) is 22.3. The van der Waals surface area contributed by atoms with Crippen LogP contribution in [0.2, 0.25) is 0 Å². The van der Waals surface area contributed by atoms with Gasteiger partial charge in [-0.3, -0.25) is 9.69 Å². The number of hydrogen-bond donors (Lipinski definition) is 2. The third kappa shape index (κ3) is 6.29. The van der Waals surface area contributed by atoms with E-state index in [4.69, 9.17) is 9.47 Å². The van der Waals surface area contributed by atoms with Gasteiger partial charge in [-0.05, 0) is 36.6 Å². The largest absolute Gasteiger partial charge is 0.389 e. The number of aliphatic hydroxyl groups excluding tert-OH is 1. The summed E-state index contributed by atoms with van der Waals surface area (Å²) in [5.74, 6) is -0.355. The maximum absolute atomic E-state index is 13.3. The fraction of sp³-hybridized carbons (Fsp3) is 0.522. The van der Waals surface area contributed by atoms with E-state index in [0.29, 0.717) is 26.2 Å². The molecule has 2 fully saturated rings. The first kappa shape index (κ1) is 22.7. The molecule has 0 radical (unpaired) electrons. The lowest BCUT2D eigenvalue weighted by molar-refractivity contribution is -0.158. The second kappa shape index (κ2) is 10.9. The van der Waals surface area contributed by atoms with Gasteiger partial charge in [-0.25, -0.2) is 14.4 Å². The van der Waals surface area contributed by atoms with Crippen molar-refractivity contribution in [2.24, 2.45) is 0 Å². The molecule has 0 spiro atoms.